The topological polar surface area (TPSA) is 53.2 Å². The minimum atomic E-state index is -0.112. The number of amides is 1. The van der Waals surface area contributed by atoms with Crippen LogP contribution in [0, 0.1) is 0 Å². The summed E-state index contributed by atoms with van der Waals surface area (Å²) in [6.07, 6.45) is 0. The van der Waals surface area contributed by atoms with Crippen LogP contribution < -0.4 is 16.0 Å². The van der Waals surface area contributed by atoms with Crippen LogP contribution in [0.15, 0.2) is 54.6 Å². The molecule has 2 aromatic carbocycles. The van der Waals surface area contributed by atoms with Crippen LogP contribution in [-0.4, -0.2) is 17.6 Å². The van der Waals surface area contributed by atoms with Crippen molar-refractivity contribution in [3.8, 4) is 0 Å². The van der Waals surface area contributed by atoms with Gasteiger partial charge in [-0.25, -0.2) is 0 Å². The molecule has 2 aromatic rings. The molecule has 23 heavy (non-hydrogen) atoms. The van der Waals surface area contributed by atoms with Gasteiger partial charge in [0.05, 0.1) is 6.04 Å². The van der Waals surface area contributed by atoms with Crippen LogP contribution in [0.3, 0.4) is 0 Å². The largest absolute Gasteiger partial charge is 0.363 e. The standard InChI is InChI=1S/C18H21N3OS/c1-3-19-18(23)21-16-11-7-10-15(12-16)17(22)20-13(2)14-8-5-4-6-9-14/h4-13H,3H2,1-2H3,(H,20,22)(H2,19,21,23). The van der Waals surface area contributed by atoms with Gasteiger partial charge in [0.1, 0.15) is 0 Å². The van der Waals surface area contributed by atoms with Gasteiger partial charge < -0.3 is 16.0 Å². The highest BCUT2D eigenvalue weighted by Gasteiger charge is 2.11. The summed E-state index contributed by atoms with van der Waals surface area (Å²) in [6, 6.07) is 17.1. The summed E-state index contributed by atoms with van der Waals surface area (Å²) in [5, 5.41) is 9.63. The molecule has 0 aliphatic rings. The number of carbonyl (C=O) groups is 1. The van der Waals surface area contributed by atoms with Gasteiger partial charge in [0.15, 0.2) is 5.11 Å². The van der Waals surface area contributed by atoms with Gasteiger partial charge in [0.2, 0.25) is 0 Å². The molecular weight excluding hydrogens is 306 g/mol. The number of rotatable bonds is 5. The van der Waals surface area contributed by atoms with Crippen LogP contribution in [0.4, 0.5) is 5.69 Å². The number of thiocarbonyl (C=S) groups is 1. The third-order valence-electron chi connectivity index (χ3n) is 3.37. The first-order valence-corrected chi connectivity index (χ1v) is 8.01. The van der Waals surface area contributed by atoms with Gasteiger partial charge in [-0.3, -0.25) is 4.79 Å². The normalized spacial score (nSPS) is 11.4. The molecule has 2 rings (SSSR count). The van der Waals surface area contributed by atoms with Crippen LogP contribution in [0.5, 0.6) is 0 Å². The Kier molecular flexibility index (Phi) is 6.11. The molecule has 0 aliphatic heterocycles. The SMILES string of the molecule is CCNC(=S)Nc1cccc(C(=O)NC(C)c2ccccc2)c1. The van der Waals surface area contributed by atoms with Crippen molar-refractivity contribution in [1.82, 2.24) is 10.6 Å². The van der Waals surface area contributed by atoms with Crippen molar-refractivity contribution in [3.63, 3.8) is 0 Å². The van der Waals surface area contributed by atoms with E-state index in [0.717, 1.165) is 17.8 Å². The van der Waals surface area contributed by atoms with Gasteiger partial charge in [-0.1, -0.05) is 36.4 Å². The zero-order valence-corrected chi connectivity index (χ0v) is 14.1. The number of hydrogen-bond acceptors (Lipinski definition) is 2. The summed E-state index contributed by atoms with van der Waals surface area (Å²) in [7, 11) is 0. The molecule has 0 radical (unpaired) electrons. The van der Waals surface area contributed by atoms with Gasteiger partial charge in [-0.2, -0.15) is 0 Å². The predicted octanol–water partition coefficient (Wildman–Crippen LogP) is 3.48. The van der Waals surface area contributed by atoms with Crippen molar-refractivity contribution in [1.29, 1.82) is 0 Å². The van der Waals surface area contributed by atoms with E-state index in [9.17, 15) is 4.79 Å². The van der Waals surface area contributed by atoms with Crippen LogP contribution in [-0.2, 0) is 0 Å². The molecule has 120 valence electrons. The lowest BCUT2D eigenvalue weighted by Crippen LogP contribution is -2.28. The van der Waals surface area contributed by atoms with E-state index in [1.165, 1.54) is 0 Å². The Labute approximate surface area is 142 Å². The van der Waals surface area contributed by atoms with Gasteiger partial charge >= 0.3 is 0 Å². The summed E-state index contributed by atoms with van der Waals surface area (Å²) in [5.74, 6) is -0.112. The van der Waals surface area contributed by atoms with Crippen LogP contribution in [0.1, 0.15) is 35.8 Å². The molecule has 0 fully saturated rings. The van der Waals surface area contributed by atoms with E-state index >= 15 is 0 Å². The second-order valence-electron chi connectivity index (χ2n) is 5.17. The highest BCUT2D eigenvalue weighted by Crippen LogP contribution is 2.14. The van der Waals surface area contributed by atoms with E-state index < -0.39 is 0 Å². The molecule has 1 amide bonds. The molecule has 0 saturated heterocycles. The average Bonchev–Trinajstić information content (AvgIpc) is 2.56. The first kappa shape index (κ1) is 17.0. The van der Waals surface area contributed by atoms with Crippen LogP contribution in [0.2, 0.25) is 0 Å². The zero-order valence-electron chi connectivity index (χ0n) is 13.3. The fourth-order valence-corrected chi connectivity index (χ4v) is 2.44. The van der Waals surface area contributed by atoms with Crippen molar-refractivity contribution in [2.24, 2.45) is 0 Å². The van der Waals surface area contributed by atoms with Crippen LogP contribution >= 0.6 is 12.2 Å². The lowest BCUT2D eigenvalue weighted by atomic mass is 10.1. The molecule has 3 N–H and O–H groups in total. The minimum Gasteiger partial charge on any atom is -0.363 e. The maximum absolute atomic E-state index is 12.4. The lowest BCUT2D eigenvalue weighted by molar-refractivity contribution is 0.0940. The van der Waals surface area contributed by atoms with E-state index in [4.69, 9.17) is 12.2 Å². The van der Waals surface area contributed by atoms with E-state index in [2.05, 4.69) is 16.0 Å². The molecule has 0 saturated carbocycles. The van der Waals surface area contributed by atoms with Gasteiger partial charge in [-0.05, 0) is 49.8 Å². The predicted molar refractivity (Wildman–Crippen MR) is 98.7 cm³/mol. The monoisotopic (exact) mass is 327 g/mol. The molecule has 0 aliphatic carbocycles. The fraction of sp³-hybridized carbons (Fsp3) is 0.222. The minimum absolute atomic E-state index is 0.0526. The summed E-state index contributed by atoms with van der Waals surface area (Å²) in [5.41, 5.74) is 2.46. The first-order chi connectivity index (χ1) is 11.1. The molecule has 0 aromatic heterocycles. The van der Waals surface area contributed by atoms with Gasteiger partial charge in [-0.15, -0.1) is 0 Å². The van der Waals surface area contributed by atoms with E-state index in [0.29, 0.717) is 10.7 Å². The maximum Gasteiger partial charge on any atom is 0.251 e. The Morgan fingerprint density at radius 3 is 2.57 bits per heavy atom. The third-order valence-corrected chi connectivity index (χ3v) is 3.61. The Morgan fingerprint density at radius 2 is 1.87 bits per heavy atom. The van der Waals surface area contributed by atoms with Crippen LogP contribution in [0.25, 0.3) is 0 Å². The molecule has 0 spiro atoms. The van der Waals surface area contributed by atoms with Crippen molar-refractivity contribution >= 4 is 28.9 Å². The summed E-state index contributed by atoms with van der Waals surface area (Å²) in [6.45, 7) is 4.69. The quantitative estimate of drug-likeness (QED) is 0.736. The highest BCUT2D eigenvalue weighted by molar-refractivity contribution is 7.80. The number of hydrogen-bond donors (Lipinski definition) is 3. The van der Waals surface area contributed by atoms with Crippen molar-refractivity contribution in [3.05, 3.63) is 65.7 Å². The third kappa shape index (κ3) is 5.07. The Bertz CT molecular complexity index is 673. The van der Waals surface area contributed by atoms with E-state index in [1.54, 1.807) is 12.1 Å². The molecule has 0 bridgehead atoms. The number of anilines is 1. The van der Waals surface area contributed by atoms with Crippen molar-refractivity contribution in [2.45, 2.75) is 19.9 Å². The summed E-state index contributed by atoms with van der Waals surface area (Å²) >= 11 is 5.16. The van der Waals surface area contributed by atoms with E-state index in [-0.39, 0.29) is 11.9 Å². The molecule has 1 unspecified atom stereocenters. The van der Waals surface area contributed by atoms with E-state index in [1.807, 2.05) is 56.3 Å². The fourth-order valence-electron chi connectivity index (χ4n) is 2.18. The van der Waals surface area contributed by atoms with Crippen molar-refractivity contribution < 1.29 is 4.79 Å². The highest BCUT2D eigenvalue weighted by atomic mass is 32.1. The van der Waals surface area contributed by atoms with Gasteiger partial charge in [0, 0.05) is 17.8 Å². The molecular formula is C18H21N3OS. The number of nitrogens with one attached hydrogen (secondary N) is 3. The zero-order chi connectivity index (χ0) is 16.7. The molecule has 1 atom stereocenters. The second-order valence-corrected chi connectivity index (χ2v) is 5.58. The molecule has 0 heterocycles. The number of benzene rings is 2. The lowest BCUT2D eigenvalue weighted by Gasteiger charge is -2.15. The van der Waals surface area contributed by atoms with Gasteiger partial charge in [0.25, 0.3) is 5.91 Å². The molecule has 5 heteroatoms. The second kappa shape index (κ2) is 8.29. The maximum atomic E-state index is 12.4. The Morgan fingerprint density at radius 1 is 1.13 bits per heavy atom. The first-order valence-electron chi connectivity index (χ1n) is 7.61. The number of carbonyl (C=O) groups excluding carboxylic acids is 1. The Balaban J connectivity index is 2.03. The molecule has 4 nitrogen and oxygen atoms in total. The smallest absolute Gasteiger partial charge is 0.251 e. The van der Waals surface area contributed by atoms with Crippen molar-refractivity contribution in [2.75, 3.05) is 11.9 Å². The average molecular weight is 327 g/mol. The summed E-state index contributed by atoms with van der Waals surface area (Å²) < 4.78 is 0. The Hall–Kier alpha value is -2.40. The summed E-state index contributed by atoms with van der Waals surface area (Å²) in [4.78, 5) is 12.4.